The number of nitrogens with zero attached hydrogens (tertiary/aromatic N) is 1. The van der Waals surface area contributed by atoms with E-state index in [1.54, 1.807) is 12.1 Å². The highest BCUT2D eigenvalue weighted by Gasteiger charge is 2.30. The molecule has 0 spiro atoms. The lowest BCUT2D eigenvalue weighted by molar-refractivity contribution is -0.125. The van der Waals surface area contributed by atoms with Gasteiger partial charge in [0.25, 0.3) is 5.91 Å². The maximum atomic E-state index is 13.4. The molecule has 0 fully saturated rings. The largest absolute Gasteiger partial charge is 0.382 e. The van der Waals surface area contributed by atoms with E-state index in [1.807, 2.05) is 18.2 Å². The molecule has 0 aliphatic carbocycles. The predicted octanol–water partition coefficient (Wildman–Crippen LogP) is 5.20. The first kappa shape index (κ1) is 19.1. The molecule has 1 amide bonds. The second-order valence-corrected chi connectivity index (χ2v) is 7.46. The van der Waals surface area contributed by atoms with Crippen molar-refractivity contribution in [1.82, 2.24) is 0 Å². The average Bonchev–Trinajstić information content (AvgIpc) is 3.11. The molecule has 4 nitrogen and oxygen atoms in total. The molecule has 0 saturated carbocycles. The number of hydrogen-bond acceptors (Lipinski definition) is 3. The van der Waals surface area contributed by atoms with Crippen LogP contribution in [0.2, 0.25) is 0 Å². The van der Waals surface area contributed by atoms with E-state index < -0.39 is 6.10 Å². The first-order chi connectivity index (χ1) is 12.9. The Morgan fingerprint density at radius 1 is 1.11 bits per heavy atom. The maximum absolute atomic E-state index is 13.4. The van der Waals surface area contributed by atoms with E-state index in [2.05, 4.69) is 38.2 Å². The Morgan fingerprint density at radius 2 is 1.74 bits per heavy atom. The van der Waals surface area contributed by atoms with Crippen LogP contribution in [0, 0.1) is 5.82 Å². The Morgan fingerprint density at radius 3 is 2.33 bits per heavy atom. The van der Waals surface area contributed by atoms with Crippen molar-refractivity contribution in [1.29, 1.82) is 0 Å². The number of carbonyl (C=O) groups is 1. The van der Waals surface area contributed by atoms with Crippen molar-refractivity contribution >= 4 is 17.3 Å². The Labute approximate surface area is 159 Å². The Bertz CT molecular complexity index is 848. The molecule has 142 valence electrons. The van der Waals surface area contributed by atoms with Crippen molar-refractivity contribution in [2.24, 2.45) is 5.16 Å². The van der Waals surface area contributed by atoms with E-state index in [4.69, 9.17) is 4.84 Å². The van der Waals surface area contributed by atoms with Crippen molar-refractivity contribution in [2.75, 3.05) is 5.32 Å². The Hall–Kier alpha value is -2.69. The number of benzene rings is 2. The topological polar surface area (TPSA) is 50.7 Å². The number of para-hydroxylation sites is 1. The molecular weight excluding hydrogens is 343 g/mol. The second kappa shape index (κ2) is 7.91. The molecule has 2 aromatic rings. The van der Waals surface area contributed by atoms with E-state index in [1.165, 1.54) is 12.1 Å². The third kappa shape index (κ3) is 4.18. The smallest absolute Gasteiger partial charge is 0.268 e. The van der Waals surface area contributed by atoms with Crippen LogP contribution < -0.4 is 5.32 Å². The van der Waals surface area contributed by atoms with E-state index >= 15 is 0 Å². The zero-order valence-electron chi connectivity index (χ0n) is 16.1. The molecule has 27 heavy (non-hydrogen) atoms. The van der Waals surface area contributed by atoms with Gasteiger partial charge in [-0.25, -0.2) is 4.39 Å². The van der Waals surface area contributed by atoms with Crippen LogP contribution in [0.5, 0.6) is 0 Å². The SMILES string of the molecule is CC(C)c1cccc(C(C)C)c1NC(=O)C1CC(c2cccc(F)c2)=NO1. The van der Waals surface area contributed by atoms with Crippen molar-refractivity contribution in [3.8, 4) is 0 Å². The highest BCUT2D eigenvalue weighted by molar-refractivity contribution is 6.06. The minimum absolute atomic E-state index is 0.236. The van der Waals surface area contributed by atoms with E-state index in [0.29, 0.717) is 17.7 Å². The van der Waals surface area contributed by atoms with Gasteiger partial charge in [-0.1, -0.05) is 63.2 Å². The minimum Gasteiger partial charge on any atom is -0.382 e. The van der Waals surface area contributed by atoms with Crippen molar-refractivity contribution in [3.63, 3.8) is 0 Å². The average molecular weight is 368 g/mol. The van der Waals surface area contributed by atoms with Crippen molar-refractivity contribution in [3.05, 3.63) is 65.0 Å². The number of halogens is 1. The third-order valence-electron chi connectivity index (χ3n) is 4.74. The molecule has 2 aromatic carbocycles. The van der Waals surface area contributed by atoms with Crippen molar-refractivity contribution < 1.29 is 14.0 Å². The first-order valence-electron chi connectivity index (χ1n) is 9.29. The highest BCUT2D eigenvalue weighted by atomic mass is 19.1. The summed E-state index contributed by atoms with van der Waals surface area (Å²) in [6.45, 7) is 8.41. The molecule has 1 N–H and O–H groups in total. The lowest BCUT2D eigenvalue weighted by atomic mass is 9.92. The van der Waals surface area contributed by atoms with Gasteiger partial charge >= 0.3 is 0 Å². The number of rotatable bonds is 5. The molecule has 1 aliphatic rings. The minimum atomic E-state index is -0.719. The number of nitrogens with one attached hydrogen (secondary N) is 1. The molecule has 5 heteroatoms. The number of carbonyl (C=O) groups excluding carboxylic acids is 1. The van der Waals surface area contributed by atoms with E-state index in [-0.39, 0.29) is 23.6 Å². The van der Waals surface area contributed by atoms with Crippen LogP contribution in [0.3, 0.4) is 0 Å². The summed E-state index contributed by atoms with van der Waals surface area (Å²) in [6, 6.07) is 12.3. The lowest BCUT2D eigenvalue weighted by Crippen LogP contribution is -2.29. The van der Waals surface area contributed by atoms with Gasteiger partial charge in [0.2, 0.25) is 6.10 Å². The summed E-state index contributed by atoms with van der Waals surface area (Å²) in [7, 11) is 0. The summed E-state index contributed by atoms with van der Waals surface area (Å²) < 4.78 is 13.4. The van der Waals surface area contributed by atoms with Crippen LogP contribution in [0.15, 0.2) is 47.6 Å². The fourth-order valence-corrected chi connectivity index (χ4v) is 3.26. The van der Waals surface area contributed by atoms with E-state index in [9.17, 15) is 9.18 Å². The van der Waals surface area contributed by atoms with Crippen LogP contribution in [-0.2, 0) is 9.63 Å². The van der Waals surface area contributed by atoms with Crippen LogP contribution in [0.25, 0.3) is 0 Å². The maximum Gasteiger partial charge on any atom is 0.268 e. The summed E-state index contributed by atoms with van der Waals surface area (Å²) in [6.07, 6.45) is -0.403. The first-order valence-corrected chi connectivity index (χ1v) is 9.29. The van der Waals surface area contributed by atoms with E-state index in [0.717, 1.165) is 16.8 Å². The van der Waals surface area contributed by atoms with Crippen molar-refractivity contribution in [2.45, 2.75) is 52.1 Å². The van der Waals surface area contributed by atoms with Gasteiger partial charge in [0.1, 0.15) is 5.82 Å². The summed E-state index contributed by atoms with van der Waals surface area (Å²) in [4.78, 5) is 18.2. The molecule has 0 saturated heterocycles. The van der Waals surface area contributed by atoms with Gasteiger partial charge in [-0.2, -0.15) is 0 Å². The third-order valence-corrected chi connectivity index (χ3v) is 4.74. The van der Waals surface area contributed by atoms with Gasteiger partial charge in [0.15, 0.2) is 0 Å². The molecular formula is C22H25FN2O2. The molecule has 1 heterocycles. The fraction of sp³-hybridized carbons (Fsp3) is 0.364. The molecule has 0 aromatic heterocycles. The van der Waals surface area contributed by atoms with Crippen LogP contribution in [-0.4, -0.2) is 17.7 Å². The van der Waals surface area contributed by atoms with Crippen LogP contribution >= 0.6 is 0 Å². The van der Waals surface area contributed by atoms with Gasteiger partial charge in [0, 0.05) is 17.7 Å². The number of hydrogen-bond donors (Lipinski definition) is 1. The normalized spacial score (nSPS) is 16.4. The highest BCUT2D eigenvalue weighted by Crippen LogP contribution is 2.33. The van der Waals surface area contributed by atoms with Gasteiger partial charge < -0.3 is 10.2 Å². The molecule has 1 unspecified atom stereocenters. The summed E-state index contributed by atoms with van der Waals surface area (Å²) in [5.41, 5.74) is 4.26. The predicted molar refractivity (Wildman–Crippen MR) is 106 cm³/mol. The lowest BCUT2D eigenvalue weighted by Gasteiger charge is -2.21. The van der Waals surface area contributed by atoms with Gasteiger partial charge in [-0.05, 0) is 35.1 Å². The zero-order valence-corrected chi connectivity index (χ0v) is 16.1. The summed E-state index contributed by atoms with van der Waals surface area (Å²) >= 11 is 0. The van der Waals surface area contributed by atoms with Crippen LogP contribution in [0.4, 0.5) is 10.1 Å². The Balaban J connectivity index is 1.78. The monoisotopic (exact) mass is 368 g/mol. The molecule has 0 radical (unpaired) electrons. The number of amides is 1. The zero-order chi connectivity index (χ0) is 19.6. The van der Waals surface area contributed by atoms with Gasteiger partial charge in [-0.15, -0.1) is 0 Å². The fourth-order valence-electron chi connectivity index (χ4n) is 3.26. The molecule has 1 aliphatic heterocycles. The second-order valence-electron chi connectivity index (χ2n) is 7.46. The number of oxime groups is 1. The van der Waals surface area contributed by atoms with Gasteiger partial charge in [0.05, 0.1) is 5.71 Å². The summed E-state index contributed by atoms with van der Waals surface area (Å²) in [5.74, 6) is -0.0131. The van der Waals surface area contributed by atoms with Gasteiger partial charge in [-0.3, -0.25) is 4.79 Å². The Kier molecular flexibility index (Phi) is 5.59. The standard InChI is InChI=1S/C22H25FN2O2/c1-13(2)17-9-6-10-18(14(3)4)21(17)24-22(26)20-12-19(25-27-20)15-7-5-8-16(23)11-15/h5-11,13-14,20H,12H2,1-4H3,(H,24,26). The summed E-state index contributed by atoms with van der Waals surface area (Å²) in [5, 5.41) is 7.05. The molecule has 1 atom stereocenters. The molecule has 0 bridgehead atoms. The molecule has 3 rings (SSSR count). The van der Waals surface area contributed by atoms with Crippen LogP contribution in [0.1, 0.15) is 62.6 Å². The quantitative estimate of drug-likeness (QED) is 0.788. The number of anilines is 1.